The van der Waals surface area contributed by atoms with Gasteiger partial charge in [-0.1, -0.05) is 23.5 Å². The maximum absolute atomic E-state index is 5.75. The van der Waals surface area contributed by atoms with Crippen LogP contribution in [0.25, 0.3) is 0 Å². The van der Waals surface area contributed by atoms with E-state index in [1.165, 1.54) is 0 Å². The molecule has 1 atom stereocenters. The van der Waals surface area contributed by atoms with Gasteiger partial charge in [-0.3, -0.25) is 0 Å². The van der Waals surface area contributed by atoms with Gasteiger partial charge in [0, 0.05) is 6.42 Å². The molecule has 0 fully saturated rings. The zero-order valence-corrected chi connectivity index (χ0v) is 10.7. The highest BCUT2D eigenvalue weighted by molar-refractivity contribution is 7.11. The molecule has 0 aliphatic carbocycles. The van der Waals surface area contributed by atoms with Crippen molar-refractivity contribution in [1.29, 1.82) is 0 Å². The van der Waals surface area contributed by atoms with Crippen LogP contribution >= 0.6 is 11.3 Å². The zero-order chi connectivity index (χ0) is 12.3. The van der Waals surface area contributed by atoms with Gasteiger partial charge in [-0.2, -0.15) is 0 Å². The van der Waals surface area contributed by atoms with Gasteiger partial charge in [0.05, 0.1) is 13.2 Å². The number of nitrogens with two attached hydrogens (primary N) is 1. The predicted molar refractivity (Wildman–Crippen MR) is 68.3 cm³/mol. The summed E-state index contributed by atoms with van der Waals surface area (Å²) < 4.78 is 5.18. The van der Waals surface area contributed by atoms with E-state index in [0.29, 0.717) is 0 Å². The molecule has 0 bridgehead atoms. The second-order valence-electron chi connectivity index (χ2n) is 3.85. The highest BCUT2D eigenvalue weighted by Gasteiger charge is 2.08. The first-order valence-corrected chi connectivity index (χ1v) is 6.21. The molecule has 1 unspecified atom stereocenters. The minimum atomic E-state index is -0.0495. The molecule has 2 rings (SSSR count). The summed E-state index contributed by atoms with van der Waals surface area (Å²) in [4.78, 5) is 0. The van der Waals surface area contributed by atoms with Crippen LogP contribution in [0.2, 0.25) is 0 Å². The van der Waals surface area contributed by atoms with Crippen LogP contribution in [0.4, 0.5) is 0 Å². The van der Waals surface area contributed by atoms with Gasteiger partial charge in [-0.25, -0.2) is 0 Å². The Morgan fingerprint density at radius 1 is 1.41 bits per heavy atom. The molecule has 2 N–H and O–H groups in total. The molecule has 0 aliphatic heterocycles. The van der Waals surface area contributed by atoms with Crippen molar-refractivity contribution in [3.05, 3.63) is 39.8 Å². The van der Waals surface area contributed by atoms with E-state index in [-0.39, 0.29) is 6.04 Å². The van der Waals surface area contributed by atoms with E-state index in [1.54, 1.807) is 18.4 Å². The Bertz CT molecular complexity index is 496. The van der Waals surface area contributed by atoms with Crippen LogP contribution < -0.4 is 10.5 Å². The predicted octanol–water partition coefficient (Wildman–Crippen LogP) is 2.16. The molecule has 0 amide bonds. The molecular formula is C12H15N3OS. The maximum atomic E-state index is 5.75. The number of hydrogen-bond acceptors (Lipinski definition) is 5. The number of ether oxygens (including phenoxy) is 1. The number of methoxy groups -OCH3 is 1. The number of rotatable bonds is 4. The molecule has 1 heterocycles. The lowest BCUT2D eigenvalue weighted by Crippen LogP contribution is -2.03. The van der Waals surface area contributed by atoms with Crippen molar-refractivity contribution in [3.8, 4) is 5.75 Å². The molecule has 90 valence electrons. The lowest BCUT2D eigenvalue weighted by atomic mass is 10.1. The van der Waals surface area contributed by atoms with Gasteiger partial charge in [-0.15, -0.1) is 10.2 Å². The van der Waals surface area contributed by atoms with Gasteiger partial charge in [-0.05, 0) is 24.6 Å². The Kier molecular flexibility index (Phi) is 3.71. The molecule has 1 aromatic heterocycles. The smallest absolute Gasteiger partial charge is 0.133 e. The molecule has 0 aliphatic rings. The number of benzene rings is 1. The molecular weight excluding hydrogens is 234 g/mol. The highest BCUT2D eigenvalue weighted by Crippen LogP contribution is 2.20. The van der Waals surface area contributed by atoms with Gasteiger partial charge in [0.15, 0.2) is 0 Å². The van der Waals surface area contributed by atoms with Crippen molar-refractivity contribution in [2.24, 2.45) is 5.73 Å². The molecule has 5 heteroatoms. The van der Waals surface area contributed by atoms with Crippen molar-refractivity contribution in [2.45, 2.75) is 19.4 Å². The van der Waals surface area contributed by atoms with Crippen molar-refractivity contribution in [3.63, 3.8) is 0 Å². The fourth-order valence-corrected chi connectivity index (χ4v) is 2.31. The van der Waals surface area contributed by atoms with Crippen LogP contribution in [0, 0.1) is 0 Å². The van der Waals surface area contributed by atoms with E-state index in [1.807, 2.05) is 25.1 Å². The normalized spacial score (nSPS) is 12.4. The van der Waals surface area contributed by atoms with E-state index in [9.17, 15) is 0 Å². The molecule has 1 aromatic carbocycles. The Balaban J connectivity index is 2.13. The van der Waals surface area contributed by atoms with Crippen LogP contribution in [0.5, 0.6) is 5.75 Å². The summed E-state index contributed by atoms with van der Waals surface area (Å²) in [6.07, 6.45) is 0.765. The number of hydrogen-bond donors (Lipinski definition) is 1. The van der Waals surface area contributed by atoms with Gasteiger partial charge >= 0.3 is 0 Å². The van der Waals surface area contributed by atoms with Crippen LogP contribution in [0.1, 0.15) is 28.5 Å². The van der Waals surface area contributed by atoms with Crippen LogP contribution in [-0.4, -0.2) is 17.3 Å². The standard InChI is InChI=1S/C12H15N3OS/c1-8(13)12-15-14-11(17-12)7-9-4-3-5-10(6-9)16-2/h3-6,8H,7,13H2,1-2H3. The SMILES string of the molecule is COc1cccc(Cc2nnc(C(C)N)s2)c1. The lowest BCUT2D eigenvalue weighted by Gasteiger charge is -2.02. The summed E-state index contributed by atoms with van der Waals surface area (Å²) in [7, 11) is 1.66. The second-order valence-corrected chi connectivity index (χ2v) is 4.94. The minimum Gasteiger partial charge on any atom is -0.497 e. The Labute approximate surface area is 104 Å². The van der Waals surface area contributed by atoms with Gasteiger partial charge in [0.25, 0.3) is 0 Å². The monoisotopic (exact) mass is 249 g/mol. The summed E-state index contributed by atoms with van der Waals surface area (Å²) in [6.45, 7) is 1.91. The second kappa shape index (κ2) is 5.25. The zero-order valence-electron chi connectivity index (χ0n) is 9.88. The summed E-state index contributed by atoms with van der Waals surface area (Å²) >= 11 is 1.56. The summed E-state index contributed by atoms with van der Waals surface area (Å²) in [5.74, 6) is 0.861. The van der Waals surface area contributed by atoms with Crippen LogP contribution in [0.15, 0.2) is 24.3 Å². The highest BCUT2D eigenvalue weighted by atomic mass is 32.1. The van der Waals surface area contributed by atoms with E-state index < -0.39 is 0 Å². The van der Waals surface area contributed by atoms with Crippen molar-refractivity contribution in [1.82, 2.24) is 10.2 Å². The first kappa shape index (κ1) is 12.0. The molecule has 0 saturated heterocycles. The van der Waals surface area contributed by atoms with Gasteiger partial charge < -0.3 is 10.5 Å². The Morgan fingerprint density at radius 2 is 2.24 bits per heavy atom. The lowest BCUT2D eigenvalue weighted by molar-refractivity contribution is 0.414. The van der Waals surface area contributed by atoms with Crippen molar-refractivity contribution in [2.75, 3.05) is 7.11 Å². The third kappa shape index (κ3) is 3.01. The van der Waals surface area contributed by atoms with E-state index >= 15 is 0 Å². The third-order valence-electron chi connectivity index (χ3n) is 2.36. The summed E-state index contributed by atoms with van der Waals surface area (Å²) in [5, 5.41) is 10.1. The quantitative estimate of drug-likeness (QED) is 0.902. The van der Waals surface area contributed by atoms with Crippen LogP contribution in [0.3, 0.4) is 0 Å². The minimum absolute atomic E-state index is 0.0495. The fraction of sp³-hybridized carbons (Fsp3) is 0.333. The molecule has 17 heavy (non-hydrogen) atoms. The van der Waals surface area contributed by atoms with Gasteiger partial charge in [0.1, 0.15) is 15.8 Å². The third-order valence-corrected chi connectivity index (χ3v) is 3.49. The first-order chi connectivity index (χ1) is 8.19. The van der Waals surface area contributed by atoms with E-state index in [0.717, 1.165) is 27.7 Å². The molecule has 0 radical (unpaired) electrons. The number of aromatic nitrogens is 2. The Morgan fingerprint density at radius 3 is 2.88 bits per heavy atom. The topological polar surface area (TPSA) is 61.0 Å². The summed E-state index contributed by atoms with van der Waals surface area (Å²) in [5.41, 5.74) is 6.92. The average Bonchev–Trinajstić information content (AvgIpc) is 2.78. The summed E-state index contributed by atoms with van der Waals surface area (Å²) in [6, 6.07) is 7.91. The molecule has 0 spiro atoms. The first-order valence-electron chi connectivity index (χ1n) is 5.40. The van der Waals surface area contributed by atoms with E-state index in [4.69, 9.17) is 10.5 Å². The fourth-order valence-electron chi connectivity index (χ4n) is 1.48. The molecule has 2 aromatic rings. The van der Waals surface area contributed by atoms with E-state index in [2.05, 4.69) is 16.3 Å². The van der Waals surface area contributed by atoms with Crippen molar-refractivity contribution < 1.29 is 4.74 Å². The Hall–Kier alpha value is -1.46. The number of nitrogens with zero attached hydrogens (tertiary/aromatic N) is 2. The maximum Gasteiger partial charge on any atom is 0.133 e. The van der Waals surface area contributed by atoms with Gasteiger partial charge in [0.2, 0.25) is 0 Å². The molecule has 4 nitrogen and oxygen atoms in total. The van der Waals surface area contributed by atoms with Crippen molar-refractivity contribution >= 4 is 11.3 Å². The van der Waals surface area contributed by atoms with Crippen LogP contribution in [-0.2, 0) is 6.42 Å². The average molecular weight is 249 g/mol. The molecule has 0 saturated carbocycles. The largest absolute Gasteiger partial charge is 0.497 e.